The highest BCUT2D eigenvalue weighted by molar-refractivity contribution is 6.11. The Hall–Kier alpha value is -4.43. The lowest BCUT2D eigenvalue weighted by atomic mass is 10.1. The Kier molecular flexibility index (Phi) is 6.73. The number of nitrogens with zero attached hydrogens (tertiary/aromatic N) is 6. The van der Waals surface area contributed by atoms with Crippen molar-refractivity contribution in [1.29, 1.82) is 0 Å². The molecule has 196 valence electrons. The zero-order valence-electron chi connectivity index (χ0n) is 21.7. The van der Waals surface area contributed by atoms with Crippen molar-refractivity contribution in [2.75, 3.05) is 25.0 Å². The van der Waals surface area contributed by atoms with Crippen LogP contribution in [0.1, 0.15) is 35.9 Å². The minimum Gasteiger partial charge on any atom is -0.356 e. The van der Waals surface area contributed by atoms with Gasteiger partial charge in [0.25, 0.3) is 11.5 Å². The minimum absolute atomic E-state index is 0.0736. The second-order valence-electron chi connectivity index (χ2n) is 9.41. The zero-order valence-corrected chi connectivity index (χ0v) is 21.7. The van der Waals surface area contributed by atoms with E-state index in [1.54, 1.807) is 24.7 Å². The summed E-state index contributed by atoms with van der Waals surface area (Å²) in [5.74, 6) is 6.40. The van der Waals surface area contributed by atoms with Crippen LogP contribution < -0.4 is 27.2 Å². The molecule has 0 saturated carbocycles. The van der Waals surface area contributed by atoms with Crippen molar-refractivity contribution in [3.05, 3.63) is 62.7 Å². The number of nitrogens with one attached hydrogen (secondary N) is 1. The molecule has 1 atom stereocenters. The number of carbonyl (C=O) groups is 1. The van der Waals surface area contributed by atoms with Gasteiger partial charge in [-0.2, -0.15) is 0 Å². The molecule has 4 heterocycles. The smallest absolute Gasteiger partial charge is 0.331 e. The number of anilines is 1. The number of piperidine rings is 1. The average molecular weight is 515 g/mol. The number of rotatable bonds is 5. The van der Waals surface area contributed by atoms with Crippen molar-refractivity contribution in [3.8, 4) is 11.8 Å². The number of amides is 1. The van der Waals surface area contributed by atoms with Crippen LogP contribution >= 0.6 is 0 Å². The maximum atomic E-state index is 14.0. The highest BCUT2D eigenvalue weighted by Gasteiger charge is 2.32. The van der Waals surface area contributed by atoms with E-state index < -0.39 is 17.2 Å². The molecule has 11 nitrogen and oxygen atoms in total. The lowest BCUT2D eigenvalue weighted by Gasteiger charge is -2.33. The molecular formula is C27H30N8O3. The van der Waals surface area contributed by atoms with Gasteiger partial charge >= 0.3 is 5.69 Å². The molecular weight excluding hydrogens is 484 g/mol. The van der Waals surface area contributed by atoms with Gasteiger partial charge in [0.15, 0.2) is 0 Å². The largest absolute Gasteiger partial charge is 0.356 e. The summed E-state index contributed by atoms with van der Waals surface area (Å²) >= 11 is 0. The van der Waals surface area contributed by atoms with Crippen LogP contribution in [0.4, 0.5) is 5.82 Å². The van der Waals surface area contributed by atoms with Crippen LogP contribution in [0.2, 0.25) is 0 Å². The Morgan fingerprint density at radius 1 is 1.21 bits per heavy atom. The van der Waals surface area contributed by atoms with E-state index in [1.165, 1.54) is 11.6 Å². The number of benzene rings is 1. The molecule has 3 N–H and O–H groups in total. The van der Waals surface area contributed by atoms with E-state index in [4.69, 9.17) is 5.73 Å². The number of carbonyl (C=O) groups excluding carboxylic acids is 1. The first-order valence-corrected chi connectivity index (χ1v) is 12.5. The predicted octanol–water partition coefficient (Wildman–Crippen LogP) is 0.804. The van der Waals surface area contributed by atoms with E-state index in [1.807, 2.05) is 29.2 Å². The lowest BCUT2D eigenvalue weighted by molar-refractivity contribution is 0.0964. The number of fused-ring (bicyclic) bond motifs is 2. The molecule has 0 aliphatic carbocycles. The molecule has 3 aromatic heterocycles. The molecule has 4 aromatic rings. The van der Waals surface area contributed by atoms with Crippen LogP contribution in [0, 0.1) is 11.8 Å². The summed E-state index contributed by atoms with van der Waals surface area (Å²) in [6.45, 7) is 2.96. The van der Waals surface area contributed by atoms with Crippen LogP contribution in [0.15, 0.2) is 40.1 Å². The predicted molar refractivity (Wildman–Crippen MR) is 146 cm³/mol. The summed E-state index contributed by atoms with van der Waals surface area (Å²) in [4.78, 5) is 51.8. The Morgan fingerprint density at radius 3 is 2.74 bits per heavy atom. The Balaban J connectivity index is 1.79. The van der Waals surface area contributed by atoms with Gasteiger partial charge in [0, 0.05) is 44.8 Å². The van der Waals surface area contributed by atoms with Gasteiger partial charge in [-0.15, -0.1) is 5.92 Å². The van der Waals surface area contributed by atoms with Crippen molar-refractivity contribution in [1.82, 2.24) is 29.0 Å². The van der Waals surface area contributed by atoms with Crippen LogP contribution in [-0.4, -0.2) is 55.8 Å². The van der Waals surface area contributed by atoms with Crippen LogP contribution in [-0.2, 0) is 20.1 Å². The molecule has 38 heavy (non-hydrogen) atoms. The quantitative estimate of drug-likeness (QED) is 0.377. The van der Waals surface area contributed by atoms with Gasteiger partial charge in [-0.05, 0) is 25.8 Å². The van der Waals surface area contributed by atoms with Gasteiger partial charge in [0.05, 0.1) is 24.1 Å². The third kappa shape index (κ3) is 4.22. The van der Waals surface area contributed by atoms with Gasteiger partial charge < -0.3 is 20.5 Å². The second kappa shape index (κ2) is 10.1. The van der Waals surface area contributed by atoms with Gasteiger partial charge in [-0.1, -0.05) is 24.1 Å². The summed E-state index contributed by atoms with van der Waals surface area (Å²) in [6, 6.07) is 7.43. The van der Waals surface area contributed by atoms with Crippen molar-refractivity contribution >= 4 is 33.7 Å². The molecule has 1 saturated heterocycles. The third-order valence-corrected chi connectivity index (χ3v) is 6.98. The van der Waals surface area contributed by atoms with Crippen molar-refractivity contribution in [2.24, 2.45) is 12.8 Å². The number of aromatic nitrogens is 5. The van der Waals surface area contributed by atoms with E-state index in [0.717, 1.165) is 28.3 Å². The van der Waals surface area contributed by atoms with Gasteiger partial charge in [-0.25, -0.2) is 14.8 Å². The Labute approximate surface area is 218 Å². The molecule has 1 aliphatic rings. The van der Waals surface area contributed by atoms with Crippen molar-refractivity contribution < 1.29 is 4.79 Å². The lowest BCUT2D eigenvalue weighted by Crippen LogP contribution is -2.44. The Morgan fingerprint density at radius 2 is 2.00 bits per heavy atom. The molecule has 0 spiro atoms. The van der Waals surface area contributed by atoms with Crippen molar-refractivity contribution in [2.45, 2.75) is 38.9 Å². The molecule has 1 amide bonds. The second-order valence-corrected chi connectivity index (χ2v) is 9.41. The highest BCUT2D eigenvalue weighted by atomic mass is 16.2. The Bertz CT molecular complexity index is 1740. The molecule has 1 aromatic carbocycles. The molecule has 1 fully saturated rings. The van der Waals surface area contributed by atoms with Crippen molar-refractivity contribution in [3.63, 3.8) is 0 Å². The fraction of sp³-hybridized carbons (Fsp3) is 0.370. The van der Waals surface area contributed by atoms with E-state index >= 15 is 0 Å². The first-order valence-electron chi connectivity index (χ1n) is 12.5. The summed E-state index contributed by atoms with van der Waals surface area (Å²) in [7, 11) is 3.09. The molecule has 1 unspecified atom stereocenters. The first kappa shape index (κ1) is 25.2. The SMILES string of the molecule is CC#CCn1c(N2CCCC(N)C2)c(C(=O)NC)c2c1c(=O)n(Cc1ncc3ccccc3n1)c(=O)n2C. The number of hydrogen-bond donors (Lipinski definition) is 2. The number of hydrogen-bond acceptors (Lipinski definition) is 7. The van der Waals surface area contributed by atoms with Crippen LogP contribution in [0.5, 0.6) is 0 Å². The van der Waals surface area contributed by atoms with Crippen LogP contribution in [0.3, 0.4) is 0 Å². The zero-order chi connectivity index (χ0) is 27.0. The topological polar surface area (TPSA) is 133 Å². The van der Waals surface area contributed by atoms with E-state index in [-0.39, 0.29) is 35.7 Å². The van der Waals surface area contributed by atoms with E-state index in [9.17, 15) is 14.4 Å². The third-order valence-electron chi connectivity index (χ3n) is 6.98. The molecule has 0 radical (unpaired) electrons. The van der Waals surface area contributed by atoms with E-state index in [2.05, 4.69) is 27.1 Å². The summed E-state index contributed by atoms with van der Waals surface area (Å²) in [5, 5.41) is 3.54. The summed E-state index contributed by atoms with van der Waals surface area (Å²) < 4.78 is 4.21. The maximum absolute atomic E-state index is 14.0. The fourth-order valence-electron chi connectivity index (χ4n) is 5.17. The maximum Gasteiger partial charge on any atom is 0.331 e. The standard InChI is InChI=1S/C27H30N8O3/c1-4-5-13-34-23-22(21(24(36)29-2)25(34)33-12-8-10-18(28)15-33)32(3)27(38)35(26(23)37)16-20-30-14-17-9-6-7-11-19(17)31-20/h6-7,9,11,14,18H,8,10,12-13,15-16,28H2,1-3H3,(H,29,36). The number of nitrogens with two attached hydrogens (primary N) is 1. The van der Waals surface area contributed by atoms with Gasteiger partial charge in [0.1, 0.15) is 22.7 Å². The molecule has 1 aliphatic heterocycles. The summed E-state index contributed by atoms with van der Waals surface area (Å²) in [6.07, 6.45) is 3.39. The minimum atomic E-state index is -0.565. The monoisotopic (exact) mass is 514 g/mol. The number of aryl methyl sites for hydroxylation is 1. The van der Waals surface area contributed by atoms with Gasteiger partial charge in [0.2, 0.25) is 0 Å². The van der Waals surface area contributed by atoms with Gasteiger partial charge in [-0.3, -0.25) is 18.7 Å². The van der Waals surface area contributed by atoms with Crippen LogP contribution in [0.25, 0.3) is 21.9 Å². The molecule has 0 bridgehead atoms. The number of para-hydroxylation sites is 1. The first-order chi connectivity index (χ1) is 18.3. The average Bonchev–Trinajstić information content (AvgIpc) is 3.27. The molecule has 11 heteroatoms. The highest BCUT2D eigenvalue weighted by Crippen LogP contribution is 2.32. The van der Waals surface area contributed by atoms with E-state index in [0.29, 0.717) is 24.7 Å². The molecule has 5 rings (SSSR count). The normalized spacial score (nSPS) is 15.5. The summed E-state index contributed by atoms with van der Waals surface area (Å²) in [5.41, 5.74) is 6.66. The fourth-order valence-corrected chi connectivity index (χ4v) is 5.17.